The van der Waals surface area contributed by atoms with Gasteiger partial charge in [-0.25, -0.2) is 0 Å². The van der Waals surface area contributed by atoms with Crippen LogP contribution in [-0.2, 0) is 0 Å². The molecule has 0 saturated carbocycles. The van der Waals surface area contributed by atoms with Crippen LogP contribution in [0.2, 0.25) is 10.0 Å². The van der Waals surface area contributed by atoms with E-state index in [1.807, 2.05) is 0 Å². The van der Waals surface area contributed by atoms with Crippen LogP contribution in [0, 0.1) is 0 Å². The quantitative estimate of drug-likeness (QED) is 0.589. The molecule has 0 spiro atoms. The molecule has 1 aromatic rings. The second kappa shape index (κ2) is 5.08. The summed E-state index contributed by atoms with van der Waals surface area (Å²) in [4.78, 5) is 2.77. The molecular formula is C9H11Cl2N2O+. The third-order valence-electron chi connectivity index (χ3n) is 1.61. The number of halogens is 2. The van der Waals surface area contributed by atoms with Crippen LogP contribution in [0.15, 0.2) is 18.2 Å². The van der Waals surface area contributed by atoms with Crippen molar-refractivity contribution in [3.05, 3.63) is 28.2 Å². The third-order valence-corrected chi connectivity index (χ3v) is 2.35. The zero-order valence-corrected chi connectivity index (χ0v) is 9.19. The zero-order chi connectivity index (χ0) is 10.6. The second-order valence-corrected chi connectivity index (χ2v) is 3.45. The Hall–Kier alpha value is -0.930. The first-order chi connectivity index (χ1) is 6.63. The molecule has 0 atom stereocenters. The molecule has 76 valence electrons. The van der Waals surface area contributed by atoms with E-state index < -0.39 is 0 Å². The van der Waals surface area contributed by atoms with Gasteiger partial charge in [-0.05, 0) is 12.1 Å². The third kappa shape index (κ3) is 3.09. The number of nitrogens with two attached hydrogens (primary N) is 1. The van der Waals surface area contributed by atoms with E-state index in [-0.39, 0.29) is 0 Å². The van der Waals surface area contributed by atoms with Crippen molar-refractivity contribution in [3.63, 3.8) is 0 Å². The molecule has 0 unspecified atom stereocenters. The average molecular weight is 234 g/mol. The number of benzene rings is 1. The van der Waals surface area contributed by atoms with E-state index in [9.17, 15) is 0 Å². The number of rotatable bonds is 3. The lowest BCUT2D eigenvalue weighted by atomic mass is 10.3. The average Bonchev–Trinajstić information content (AvgIpc) is 2.19. The number of ether oxygens (including phenoxy) is 1. The molecule has 0 aliphatic rings. The SMILES string of the molecule is C[NH+]=C(N)COc1ccc(Cl)c(Cl)c1. The molecule has 0 fully saturated rings. The van der Waals surface area contributed by atoms with Crippen LogP contribution in [0.4, 0.5) is 0 Å². The van der Waals surface area contributed by atoms with Crippen LogP contribution in [0.1, 0.15) is 0 Å². The van der Waals surface area contributed by atoms with Gasteiger partial charge in [-0.15, -0.1) is 0 Å². The fraction of sp³-hybridized carbons (Fsp3) is 0.222. The highest BCUT2D eigenvalue weighted by atomic mass is 35.5. The molecule has 0 radical (unpaired) electrons. The van der Waals surface area contributed by atoms with Crippen molar-refractivity contribution in [1.82, 2.24) is 0 Å². The topological polar surface area (TPSA) is 49.2 Å². The molecule has 0 aliphatic carbocycles. The lowest BCUT2D eigenvalue weighted by Crippen LogP contribution is -2.72. The van der Waals surface area contributed by atoms with E-state index >= 15 is 0 Å². The standard InChI is InChI=1S/C9H10Cl2N2O/c1-13-9(12)5-14-6-2-3-7(10)8(11)4-6/h2-4H,5H2,1H3,(H2,12,13)/p+1. The highest BCUT2D eigenvalue weighted by molar-refractivity contribution is 6.42. The van der Waals surface area contributed by atoms with Crippen LogP contribution in [0.5, 0.6) is 5.75 Å². The maximum absolute atomic E-state index is 5.80. The van der Waals surface area contributed by atoms with Gasteiger partial charge in [-0.1, -0.05) is 23.2 Å². The van der Waals surface area contributed by atoms with E-state index in [0.29, 0.717) is 28.2 Å². The molecule has 3 N–H and O–H groups in total. The maximum atomic E-state index is 5.80. The van der Waals surface area contributed by atoms with Gasteiger partial charge < -0.3 is 4.74 Å². The molecule has 0 aliphatic heterocycles. The van der Waals surface area contributed by atoms with Crippen molar-refractivity contribution in [2.45, 2.75) is 0 Å². The van der Waals surface area contributed by atoms with Gasteiger partial charge in [0.05, 0.1) is 17.1 Å². The van der Waals surface area contributed by atoms with E-state index in [4.69, 9.17) is 33.7 Å². The Kier molecular flexibility index (Phi) is 4.04. The van der Waals surface area contributed by atoms with Crippen molar-refractivity contribution >= 4 is 29.0 Å². The van der Waals surface area contributed by atoms with Crippen molar-refractivity contribution < 1.29 is 9.73 Å². The molecule has 14 heavy (non-hydrogen) atoms. The highest BCUT2D eigenvalue weighted by Crippen LogP contribution is 2.26. The second-order valence-electron chi connectivity index (χ2n) is 2.64. The largest absolute Gasteiger partial charge is 0.481 e. The molecule has 3 nitrogen and oxygen atoms in total. The molecule has 0 bridgehead atoms. The van der Waals surface area contributed by atoms with Crippen molar-refractivity contribution in [2.24, 2.45) is 5.73 Å². The summed E-state index contributed by atoms with van der Waals surface area (Å²) in [5.41, 5.74) is 5.51. The van der Waals surface area contributed by atoms with E-state index in [1.165, 1.54) is 0 Å². The van der Waals surface area contributed by atoms with Crippen LogP contribution in [-0.4, -0.2) is 19.5 Å². The van der Waals surface area contributed by atoms with Gasteiger partial charge in [0.1, 0.15) is 5.75 Å². The molecular weight excluding hydrogens is 223 g/mol. The van der Waals surface area contributed by atoms with Gasteiger partial charge in [-0.2, -0.15) is 0 Å². The smallest absolute Gasteiger partial charge is 0.278 e. The molecule has 1 aromatic carbocycles. The predicted octanol–water partition coefficient (Wildman–Crippen LogP) is 0.440. The van der Waals surface area contributed by atoms with E-state index in [2.05, 4.69) is 4.99 Å². The van der Waals surface area contributed by atoms with Crippen LogP contribution >= 0.6 is 23.2 Å². The summed E-state index contributed by atoms with van der Waals surface area (Å²) in [6.45, 7) is 0.300. The summed E-state index contributed by atoms with van der Waals surface area (Å²) < 4.78 is 5.33. The Morgan fingerprint density at radius 3 is 2.71 bits per heavy atom. The van der Waals surface area contributed by atoms with E-state index in [1.54, 1.807) is 25.2 Å². The Morgan fingerprint density at radius 1 is 1.43 bits per heavy atom. The highest BCUT2D eigenvalue weighted by Gasteiger charge is 2.02. The molecule has 0 saturated heterocycles. The van der Waals surface area contributed by atoms with Gasteiger partial charge in [0.25, 0.3) is 5.84 Å². The lowest BCUT2D eigenvalue weighted by molar-refractivity contribution is -0.422. The normalized spacial score (nSPS) is 11.5. The Balaban J connectivity index is 2.64. The molecule has 0 heterocycles. The summed E-state index contributed by atoms with van der Waals surface area (Å²) in [5, 5.41) is 0.969. The van der Waals surface area contributed by atoms with Gasteiger partial charge in [0, 0.05) is 6.07 Å². The zero-order valence-electron chi connectivity index (χ0n) is 7.68. The number of hydrogen-bond donors (Lipinski definition) is 2. The summed E-state index contributed by atoms with van der Waals surface area (Å²) in [6.07, 6.45) is 0. The Morgan fingerprint density at radius 2 is 2.14 bits per heavy atom. The van der Waals surface area contributed by atoms with Gasteiger partial charge in [-0.3, -0.25) is 10.7 Å². The van der Waals surface area contributed by atoms with Gasteiger partial charge in [0.15, 0.2) is 6.61 Å². The minimum Gasteiger partial charge on any atom is -0.481 e. The summed E-state index contributed by atoms with van der Waals surface area (Å²) in [7, 11) is 1.73. The summed E-state index contributed by atoms with van der Waals surface area (Å²) in [5.74, 6) is 1.19. The van der Waals surface area contributed by atoms with Crippen molar-refractivity contribution in [1.29, 1.82) is 0 Å². The first kappa shape index (κ1) is 11.1. The Bertz CT molecular complexity index is 353. The van der Waals surface area contributed by atoms with Crippen LogP contribution in [0.25, 0.3) is 0 Å². The molecule has 5 heteroatoms. The molecule has 1 rings (SSSR count). The first-order valence-corrected chi connectivity index (χ1v) is 4.76. The fourth-order valence-electron chi connectivity index (χ4n) is 0.800. The first-order valence-electron chi connectivity index (χ1n) is 4.00. The van der Waals surface area contributed by atoms with E-state index in [0.717, 1.165) is 0 Å². The van der Waals surface area contributed by atoms with Gasteiger partial charge >= 0.3 is 0 Å². The molecule has 0 aromatic heterocycles. The minimum atomic E-state index is 0.300. The predicted molar refractivity (Wildman–Crippen MR) is 58.0 cm³/mol. The monoisotopic (exact) mass is 233 g/mol. The van der Waals surface area contributed by atoms with Gasteiger partial charge in [0.2, 0.25) is 0 Å². The van der Waals surface area contributed by atoms with Crippen LogP contribution in [0.3, 0.4) is 0 Å². The summed E-state index contributed by atoms with van der Waals surface area (Å²) in [6, 6.07) is 5.05. The van der Waals surface area contributed by atoms with Crippen molar-refractivity contribution in [3.8, 4) is 5.75 Å². The Labute approximate surface area is 92.5 Å². The van der Waals surface area contributed by atoms with Crippen LogP contribution < -0.4 is 15.5 Å². The number of nitrogens with one attached hydrogen (secondary N) is 1. The lowest BCUT2D eigenvalue weighted by Gasteiger charge is -2.03. The number of amidine groups is 1. The fourth-order valence-corrected chi connectivity index (χ4v) is 1.09. The number of hydrogen-bond acceptors (Lipinski definition) is 1. The van der Waals surface area contributed by atoms with Crippen molar-refractivity contribution in [2.75, 3.05) is 13.7 Å². The maximum Gasteiger partial charge on any atom is 0.278 e. The minimum absolute atomic E-state index is 0.300. The summed E-state index contributed by atoms with van der Waals surface area (Å²) >= 11 is 11.5. The molecule has 0 amide bonds.